The van der Waals surface area contributed by atoms with E-state index >= 15 is 0 Å². The molecule has 0 saturated carbocycles. The van der Waals surface area contributed by atoms with Gasteiger partial charge in [0, 0.05) is 32.8 Å². The third-order valence-electron chi connectivity index (χ3n) is 6.35. The van der Waals surface area contributed by atoms with Crippen molar-refractivity contribution in [2.45, 2.75) is 39.0 Å². The van der Waals surface area contributed by atoms with Crippen LogP contribution < -0.4 is 5.32 Å². The minimum Gasteiger partial charge on any atom is -0.381 e. The molecule has 1 aromatic rings. The number of piperidine rings is 1. The molecule has 0 aromatic heterocycles. The lowest BCUT2D eigenvalue weighted by molar-refractivity contribution is 0.0335. The summed E-state index contributed by atoms with van der Waals surface area (Å²) >= 11 is 6.17. The second-order valence-electron chi connectivity index (χ2n) is 8.22. The van der Waals surface area contributed by atoms with Gasteiger partial charge in [0.25, 0.3) is 5.91 Å². The molecule has 2 aliphatic rings. The van der Waals surface area contributed by atoms with Crippen molar-refractivity contribution in [3.63, 3.8) is 0 Å². The molecule has 0 bridgehead atoms. The monoisotopic (exact) mass is 442 g/mol. The minimum absolute atomic E-state index is 0.0985. The number of carbonyl (C=O) groups excluding carboxylic acids is 1. The molecule has 3 rings (SSSR count). The van der Waals surface area contributed by atoms with E-state index in [9.17, 15) is 13.2 Å². The number of nitrogens with zero attached hydrogens (tertiary/aromatic N) is 1. The Labute approximate surface area is 179 Å². The van der Waals surface area contributed by atoms with E-state index < -0.39 is 10.0 Å². The highest BCUT2D eigenvalue weighted by Gasteiger charge is 2.39. The van der Waals surface area contributed by atoms with Crippen molar-refractivity contribution in [2.24, 2.45) is 11.3 Å². The summed E-state index contributed by atoms with van der Waals surface area (Å²) in [6, 6.07) is 7.03. The summed E-state index contributed by atoms with van der Waals surface area (Å²) in [5.74, 6) is 0.504. The van der Waals surface area contributed by atoms with Gasteiger partial charge in [-0.15, -0.1) is 0 Å². The Balaban J connectivity index is 1.70. The van der Waals surface area contributed by atoms with Gasteiger partial charge in [0.1, 0.15) is 0 Å². The molecule has 1 N–H and O–H groups in total. The van der Waals surface area contributed by atoms with Crippen LogP contribution in [0.1, 0.15) is 49.4 Å². The van der Waals surface area contributed by atoms with Crippen LogP contribution in [0.4, 0.5) is 0 Å². The van der Waals surface area contributed by atoms with Gasteiger partial charge in [-0.05, 0) is 62.5 Å². The van der Waals surface area contributed by atoms with Crippen molar-refractivity contribution in [3.05, 3.63) is 34.9 Å². The maximum Gasteiger partial charge on any atom is 0.252 e. The second kappa shape index (κ2) is 9.77. The molecule has 29 heavy (non-hydrogen) atoms. The second-order valence-corrected chi connectivity index (χ2v) is 10.9. The van der Waals surface area contributed by atoms with Crippen molar-refractivity contribution in [2.75, 3.05) is 38.6 Å². The average molecular weight is 443 g/mol. The number of benzene rings is 1. The van der Waals surface area contributed by atoms with E-state index in [-0.39, 0.29) is 17.1 Å². The Kier molecular flexibility index (Phi) is 7.59. The lowest BCUT2D eigenvalue weighted by Crippen LogP contribution is -2.49. The van der Waals surface area contributed by atoms with Crippen LogP contribution in [0, 0.1) is 11.3 Å². The van der Waals surface area contributed by atoms with E-state index in [1.54, 1.807) is 35.5 Å². The van der Waals surface area contributed by atoms with Gasteiger partial charge in [0.15, 0.2) is 0 Å². The number of hydrogen-bond acceptors (Lipinski definition) is 4. The molecule has 1 aromatic carbocycles. The fourth-order valence-corrected chi connectivity index (χ4v) is 5.77. The zero-order valence-corrected chi connectivity index (χ0v) is 18.6. The summed E-state index contributed by atoms with van der Waals surface area (Å²) in [6.45, 7) is 4.81. The first-order chi connectivity index (χ1) is 13.9. The molecule has 2 aliphatic heterocycles. The molecule has 2 heterocycles. The van der Waals surface area contributed by atoms with Gasteiger partial charge in [-0.25, -0.2) is 12.7 Å². The normalized spacial score (nSPS) is 21.0. The maximum atomic E-state index is 12.7. The molecule has 6 nitrogen and oxygen atoms in total. The van der Waals surface area contributed by atoms with Gasteiger partial charge in [0.05, 0.1) is 16.3 Å². The van der Waals surface area contributed by atoms with E-state index in [4.69, 9.17) is 16.3 Å². The van der Waals surface area contributed by atoms with Crippen molar-refractivity contribution < 1.29 is 17.9 Å². The number of ether oxygens (including phenoxy) is 1. The van der Waals surface area contributed by atoms with E-state index in [0.29, 0.717) is 36.1 Å². The fraction of sp³-hybridized carbons (Fsp3) is 0.667. The minimum atomic E-state index is -3.18. The number of hydrogen-bond donors (Lipinski definition) is 1. The molecule has 0 radical (unpaired) electrons. The number of halogens is 1. The Hall–Kier alpha value is -1.15. The predicted octanol–water partition coefficient (Wildman–Crippen LogP) is 3.32. The van der Waals surface area contributed by atoms with Crippen LogP contribution >= 0.6 is 11.6 Å². The molecule has 2 fully saturated rings. The highest BCUT2D eigenvalue weighted by atomic mass is 35.5. The van der Waals surface area contributed by atoms with Crippen LogP contribution in [-0.4, -0.2) is 57.2 Å². The topological polar surface area (TPSA) is 75.7 Å². The average Bonchev–Trinajstić information content (AvgIpc) is 2.73. The van der Waals surface area contributed by atoms with Crippen molar-refractivity contribution in [1.82, 2.24) is 9.62 Å². The van der Waals surface area contributed by atoms with E-state index in [1.807, 2.05) is 0 Å². The van der Waals surface area contributed by atoms with Crippen molar-refractivity contribution in [3.8, 4) is 0 Å². The molecule has 8 heteroatoms. The molecule has 0 spiro atoms. The molecule has 0 unspecified atom stereocenters. The molecule has 2 saturated heterocycles. The van der Waals surface area contributed by atoms with E-state index in [2.05, 4.69) is 5.32 Å². The van der Waals surface area contributed by atoms with Crippen LogP contribution in [0.3, 0.4) is 0 Å². The summed E-state index contributed by atoms with van der Waals surface area (Å²) < 4.78 is 31.6. The first-order valence-corrected chi connectivity index (χ1v) is 12.4. The number of amides is 1. The molecule has 0 aliphatic carbocycles. The van der Waals surface area contributed by atoms with Gasteiger partial charge in [0.2, 0.25) is 10.0 Å². The largest absolute Gasteiger partial charge is 0.381 e. The lowest BCUT2D eigenvalue weighted by Gasteiger charge is -2.44. The van der Waals surface area contributed by atoms with Gasteiger partial charge < -0.3 is 10.1 Å². The molecular weight excluding hydrogens is 412 g/mol. The summed E-state index contributed by atoms with van der Waals surface area (Å²) in [5, 5.41) is 3.52. The molecule has 0 atom stereocenters. The van der Waals surface area contributed by atoms with Crippen LogP contribution in [0.2, 0.25) is 5.02 Å². The lowest BCUT2D eigenvalue weighted by atomic mass is 9.71. The summed E-state index contributed by atoms with van der Waals surface area (Å²) in [7, 11) is -3.18. The van der Waals surface area contributed by atoms with Crippen LogP contribution in [0.5, 0.6) is 0 Å². The first-order valence-electron chi connectivity index (χ1n) is 10.4. The molecular formula is C21H31ClN2O4S. The summed E-state index contributed by atoms with van der Waals surface area (Å²) in [5.41, 5.74) is 0.375. The quantitative estimate of drug-likeness (QED) is 0.702. The van der Waals surface area contributed by atoms with Gasteiger partial charge >= 0.3 is 0 Å². The van der Waals surface area contributed by atoms with E-state index in [0.717, 1.165) is 45.3 Å². The SMILES string of the molecule is CCS(=O)(=O)N1CCC(CNC(=O)c2ccccc2Cl)(CC2CCOCC2)CC1. The third kappa shape index (κ3) is 5.72. The highest BCUT2D eigenvalue weighted by molar-refractivity contribution is 7.89. The maximum absolute atomic E-state index is 12.7. The smallest absolute Gasteiger partial charge is 0.252 e. The highest BCUT2D eigenvalue weighted by Crippen LogP contribution is 2.40. The van der Waals surface area contributed by atoms with Crippen molar-refractivity contribution in [1.29, 1.82) is 0 Å². The Morgan fingerprint density at radius 2 is 1.90 bits per heavy atom. The summed E-state index contributed by atoms with van der Waals surface area (Å²) in [4.78, 5) is 12.7. The summed E-state index contributed by atoms with van der Waals surface area (Å²) in [6.07, 6.45) is 4.55. The Morgan fingerprint density at radius 3 is 2.52 bits per heavy atom. The molecule has 162 valence electrons. The van der Waals surface area contributed by atoms with Crippen LogP contribution in [-0.2, 0) is 14.8 Å². The van der Waals surface area contributed by atoms with Crippen LogP contribution in [0.15, 0.2) is 24.3 Å². The van der Waals surface area contributed by atoms with Gasteiger partial charge in [-0.3, -0.25) is 4.79 Å². The zero-order valence-electron chi connectivity index (χ0n) is 17.0. The van der Waals surface area contributed by atoms with E-state index in [1.165, 1.54) is 0 Å². The number of carbonyl (C=O) groups is 1. The molecule has 1 amide bonds. The number of nitrogens with one attached hydrogen (secondary N) is 1. The van der Waals surface area contributed by atoms with Crippen LogP contribution in [0.25, 0.3) is 0 Å². The fourth-order valence-electron chi connectivity index (χ4n) is 4.45. The Bertz CT molecular complexity index is 801. The van der Waals surface area contributed by atoms with Gasteiger partial charge in [-0.2, -0.15) is 0 Å². The van der Waals surface area contributed by atoms with Crippen molar-refractivity contribution >= 4 is 27.5 Å². The predicted molar refractivity (Wildman–Crippen MR) is 115 cm³/mol. The zero-order chi connectivity index (χ0) is 20.9. The number of sulfonamides is 1. The first kappa shape index (κ1) is 22.5. The Morgan fingerprint density at radius 1 is 1.24 bits per heavy atom. The standard InChI is InChI=1S/C21H31ClN2O4S/c1-2-29(26,27)24-11-9-21(10-12-24,15-17-7-13-28-14-8-17)16-23-20(25)18-5-3-4-6-19(18)22/h3-6,17H,2,7-16H2,1H3,(H,23,25). The third-order valence-corrected chi connectivity index (χ3v) is 8.56. The number of rotatable bonds is 7. The van der Waals surface area contributed by atoms with Gasteiger partial charge in [-0.1, -0.05) is 23.7 Å².